The van der Waals surface area contributed by atoms with Crippen molar-refractivity contribution in [1.82, 2.24) is 0 Å². The van der Waals surface area contributed by atoms with E-state index in [1.165, 1.54) is 10.5 Å². The normalized spacial score (nSPS) is 26.4. The number of rotatable bonds is 1. The van der Waals surface area contributed by atoms with Gasteiger partial charge in [0.05, 0.1) is 17.5 Å². The fourth-order valence-electron chi connectivity index (χ4n) is 2.99. The van der Waals surface area contributed by atoms with Gasteiger partial charge in [-0.25, -0.2) is 0 Å². The third-order valence-corrected chi connectivity index (χ3v) is 4.12. The van der Waals surface area contributed by atoms with Gasteiger partial charge in [-0.15, -0.1) is 0 Å². The van der Waals surface area contributed by atoms with Gasteiger partial charge in [-0.1, -0.05) is 29.3 Å². The van der Waals surface area contributed by atoms with Gasteiger partial charge in [-0.05, 0) is 38.8 Å². The largest absolute Gasteiger partial charge is 0.274 e. The Morgan fingerprint density at radius 2 is 1.63 bits per heavy atom. The van der Waals surface area contributed by atoms with Gasteiger partial charge < -0.3 is 0 Å². The molecule has 3 rings (SSSR count). The summed E-state index contributed by atoms with van der Waals surface area (Å²) in [6, 6.07) is 7.56. The topological polar surface area (TPSA) is 37.4 Å². The Labute approximate surface area is 112 Å². The van der Waals surface area contributed by atoms with Gasteiger partial charge in [0.2, 0.25) is 11.8 Å². The number of fused-ring (bicyclic) bond motifs is 1. The van der Waals surface area contributed by atoms with Gasteiger partial charge >= 0.3 is 0 Å². The molecule has 0 spiro atoms. The van der Waals surface area contributed by atoms with Crippen LogP contribution < -0.4 is 4.90 Å². The standard InChI is InChI=1S/C16H17NO2/c1-10-3-6-12(7-4-10)17-15(18)13-8-5-11(2)9-14(13)16(17)19/h3-7,13-14H,8-9H2,1-2H3/t13-,14+/m1/s1. The Kier molecular flexibility index (Phi) is 2.77. The quantitative estimate of drug-likeness (QED) is 0.571. The molecule has 0 N–H and O–H groups in total. The number of nitrogens with zero attached hydrogens (tertiary/aromatic N) is 1. The number of amides is 2. The third-order valence-electron chi connectivity index (χ3n) is 4.12. The summed E-state index contributed by atoms with van der Waals surface area (Å²) >= 11 is 0. The van der Waals surface area contributed by atoms with E-state index < -0.39 is 0 Å². The highest BCUT2D eigenvalue weighted by Crippen LogP contribution is 2.39. The van der Waals surface area contributed by atoms with Crippen molar-refractivity contribution in [2.45, 2.75) is 26.7 Å². The van der Waals surface area contributed by atoms with Gasteiger partial charge in [0.15, 0.2) is 0 Å². The summed E-state index contributed by atoms with van der Waals surface area (Å²) in [5.41, 5.74) is 3.04. The van der Waals surface area contributed by atoms with E-state index >= 15 is 0 Å². The number of hydrogen-bond acceptors (Lipinski definition) is 2. The first-order valence-corrected chi connectivity index (χ1v) is 6.68. The summed E-state index contributed by atoms with van der Waals surface area (Å²) in [5.74, 6) is -0.384. The Hall–Kier alpha value is -1.90. The van der Waals surface area contributed by atoms with Crippen LogP contribution in [0.3, 0.4) is 0 Å². The van der Waals surface area contributed by atoms with Crippen LogP contribution in [0.25, 0.3) is 0 Å². The summed E-state index contributed by atoms with van der Waals surface area (Å²) in [5, 5.41) is 0. The van der Waals surface area contributed by atoms with Crippen LogP contribution in [0, 0.1) is 18.8 Å². The highest BCUT2D eigenvalue weighted by atomic mass is 16.2. The summed E-state index contributed by atoms with van der Waals surface area (Å²) in [6.45, 7) is 4.02. The number of imide groups is 1. The van der Waals surface area contributed by atoms with E-state index in [0.29, 0.717) is 12.1 Å². The van der Waals surface area contributed by atoms with E-state index in [1.807, 2.05) is 38.1 Å². The molecule has 2 atom stereocenters. The smallest absolute Gasteiger partial charge is 0.238 e. The SMILES string of the molecule is CC1=CC[C@H]2C(=O)N(c3ccc(C)cc3)C(=O)[C@H]2C1. The summed E-state index contributed by atoms with van der Waals surface area (Å²) < 4.78 is 0. The monoisotopic (exact) mass is 255 g/mol. The molecule has 1 aromatic carbocycles. The minimum atomic E-state index is -0.155. The van der Waals surface area contributed by atoms with Crippen molar-refractivity contribution in [3.63, 3.8) is 0 Å². The molecule has 19 heavy (non-hydrogen) atoms. The average molecular weight is 255 g/mol. The maximum atomic E-state index is 12.5. The zero-order valence-corrected chi connectivity index (χ0v) is 11.2. The van der Waals surface area contributed by atoms with E-state index in [4.69, 9.17) is 0 Å². The maximum Gasteiger partial charge on any atom is 0.238 e. The number of aryl methyl sites for hydroxylation is 1. The first-order valence-electron chi connectivity index (χ1n) is 6.68. The number of carbonyl (C=O) groups is 2. The molecule has 0 unspecified atom stereocenters. The fraction of sp³-hybridized carbons (Fsp3) is 0.375. The molecule has 1 aliphatic carbocycles. The average Bonchev–Trinajstić information content (AvgIpc) is 2.63. The first kappa shape index (κ1) is 12.2. The highest BCUT2D eigenvalue weighted by molar-refractivity contribution is 6.22. The third kappa shape index (κ3) is 1.89. The van der Waals surface area contributed by atoms with Crippen molar-refractivity contribution in [3.8, 4) is 0 Å². The Bertz CT molecular complexity index is 571. The lowest BCUT2D eigenvalue weighted by Crippen LogP contribution is -2.30. The van der Waals surface area contributed by atoms with Crippen molar-refractivity contribution in [1.29, 1.82) is 0 Å². The Balaban J connectivity index is 1.95. The molecule has 2 amide bonds. The van der Waals surface area contributed by atoms with Gasteiger partial charge in [0, 0.05) is 0 Å². The minimum absolute atomic E-state index is 0.0358. The molecule has 0 saturated carbocycles. The van der Waals surface area contributed by atoms with Crippen LogP contribution in [0.5, 0.6) is 0 Å². The van der Waals surface area contributed by atoms with Crippen molar-refractivity contribution < 1.29 is 9.59 Å². The van der Waals surface area contributed by atoms with Crippen molar-refractivity contribution in [2.75, 3.05) is 4.90 Å². The van der Waals surface area contributed by atoms with Crippen molar-refractivity contribution in [3.05, 3.63) is 41.5 Å². The second-order valence-electron chi connectivity index (χ2n) is 5.55. The van der Waals surface area contributed by atoms with E-state index in [1.54, 1.807) is 0 Å². The van der Waals surface area contributed by atoms with Gasteiger partial charge in [0.25, 0.3) is 0 Å². The van der Waals surface area contributed by atoms with Gasteiger partial charge in [0.1, 0.15) is 0 Å². The number of benzene rings is 1. The fourth-order valence-corrected chi connectivity index (χ4v) is 2.99. The molecule has 1 aliphatic heterocycles. The van der Waals surface area contributed by atoms with Gasteiger partial charge in [-0.3, -0.25) is 14.5 Å². The van der Waals surface area contributed by atoms with E-state index in [2.05, 4.69) is 6.08 Å². The van der Waals surface area contributed by atoms with Crippen LogP contribution in [0.15, 0.2) is 35.9 Å². The minimum Gasteiger partial charge on any atom is -0.274 e. The van der Waals surface area contributed by atoms with Crippen LogP contribution in [0.2, 0.25) is 0 Å². The zero-order valence-electron chi connectivity index (χ0n) is 11.2. The lowest BCUT2D eigenvalue weighted by molar-refractivity contribution is -0.122. The maximum absolute atomic E-state index is 12.5. The van der Waals surface area contributed by atoms with Gasteiger partial charge in [-0.2, -0.15) is 0 Å². The second kappa shape index (κ2) is 4.34. The zero-order chi connectivity index (χ0) is 13.6. The Morgan fingerprint density at radius 1 is 1.00 bits per heavy atom. The first-order chi connectivity index (χ1) is 9.08. The van der Waals surface area contributed by atoms with E-state index in [-0.39, 0.29) is 23.7 Å². The predicted molar refractivity (Wildman–Crippen MR) is 73.6 cm³/mol. The second-order valence-corrected chi connectivity index (χ2v) is 5.55. The molecule has 3 nitrogen and oxygen atoms in total. The predicted octanol–water partition coefficient (Wildman–Crippen LogP) is 2.84. The van der Waals surface area contributed by atoms with Crippen LogP contribution in [0.1, 0.15) is 25.3 Å². The van der Waals surface area contributed by atoms with Crippen molar-refractivity contribution >= 4 is 17.5 Å². The van der Waals surface area contributed by atoms with Crippen LogP contribution in [-0.2, 0) is 9.59 Å². The van der Waals surface area contributed by atoms with Crippen LogP contribution >= 0.6 is 0 Å². The summed E-state index contributed by atoms with van der Waals surface area (Å²) in [4.78, 5) is 26.3. The molecule has 2 aliphatic rings. The number of carbonyl (C=O) groups excluding carboxylic acids is 2. The van der Waals surface area contributed by atoms with Crippen molar-refractivity contribution in [2.24, 2.45) is 11.8 Å². The number of allylic oxidation sites excluding steroid dienone is 2. The molecule has 3 heteroatoms. The molecule has 1 aromatic rings. The molecule has 1 saturated heterocycles. The number of hydrogen-bond donors (Lipinski definition) is 0. The lowest BCUT2D eigenvalue weighted by Gasteiger charge is -2.18. The van der Waals surface area contributed by atoms with E-state index in [9.17, 15) is 9.59 Å². The van der Waals surface area contributed by atoms with Crippen LogP contribution in [-0.4, -0.2) is 11.8 Å². The highest BCUT2D eigenvalue weighted by Gasteiger charge is 2.48. The molecule has 1 fully saturated rings. The number of anilines is 1. The lowest BCUT2D eigenvalue weighted by atomic mass is 9.82. The molecule has 98 valence electrons. The summed E-state index contributed by atoms with van der Waals surface area (Å²) in [7, 11) is 0. The molecular formula is C16H17NO2. The van der Waals surface area contributed by atoms with Crippen LogP contribution in [0.4, 0.5) is 5.69 Å². The molecular weight excluding hydrogens is 238 g/mol. The molecule has 0 bridgehead atoms. The molecule has 0 aromatic heterocycles. The summed E-state index contributed by atoms with van der Waals surface area (Å²) in [6.07, 6.45) is 3.51. The molecule has 0 radical (unpaired) electrons. The van der Waals surface area contributed by atoms with E-state index in [0.717, 1.165) is 12.0 Å². The Morgan fingerprint density at radius 3 is 2.32 bits per heavy atom. The molecule has 1 heterocycles.